The number of rotatable bonds is 3. The molecule has 1 heterocycles. The van der Waals surface area contributed by atoms with Gasteiger partial charge in [-0.15, -0.1) is 0 Å². The van der Waals surface area contributed by atoms with Crippen LogP contribution in [0, 0.1) is 6.92 Å². The van der Waals surface area contributed by atoms with Gasteiger partial charge in [0.25, 0.3) is 6.43 Å². The standard InChI is InChI=1S/C9H5F5N4O2/c1-2-3(8(19)20)6(9(12,13)14)16-5(7(10)11)4(2)17-18-15/h7H,1H3,(H,19,20). The predicted molar refractivity (Wildman–Crippen MR) is 54.7 cm³/mol. The molecule has 0 fully saturated rings. The number of pyridine rings is 1. The van der Waals surface area contributed by atoms with Gasteiger partial charge in [-0.2, -0.15) is 13.2 Å². The molecule has 0 bridgehead atoms. The van der Waals surface area contributed by atoms with E-state index in [9.17, 15) is 26.7 Å². The second kappa shape index (κ2) is 5.29. The summed E-state index contributed by atoms with van der Waals surface area (Å²) in [6, 6.07) is 0. The minimum absolute atomic E-state index is 0.729. The van der Waals surface area contributed by atoms with E-state index in [1.54, 1.807) is 0 Å². The number of halogens is 5. The van der Waals surface area contributed by atoms with Gasteiger partial charge in [0.2, 0.25) is 0 Å². The molecule has 0 radical (unpaired) electrons. The van der Waals surface area contributed by atoms with Crippen LogP contribution >= 0.6 is 0 Å². The average molecular weight is 296 g/mol. The van der Waals surface area contributed by atoms with Crippen molar-refractivity contribution in [3.05, 3.63) is 33.0 Å². The van der Waals surface area contributed by atoms with Crippen LogP contribution in [-0.4, -0.2) is 16.1 Å². The van der Waals surface area contributed by atoms with Crippen LogP contribution in [0.2, 0.25) is 0 Å². The second-order valence-corrected chi connectivity index (χ2v) is 3.49. The van der Waals surface area contributed by atoms with E-state index in [-0.39, 0.29) is 0 Å². The molecule has 20 heavy (non-hydrogen) atoms. The van der Waals surface area contributed by atoms with E-state index in [0.29, 0.717) is 0 Å². The maximum absolute atomic E-state index is 12.7. The number of carboxylic acids is 1. The topological polar surface area (TPSA) is 99.0 Å². The van der Waals surface area contributed by atoms with Gasteiger partial charge < -0.3 is 5.11 Å². The molecular weight excluding hydrogens is 291 g/mol. The Morgan fingerprint density at radius 2 is 2.00 bits per heavy atom. The molecule has 11 heteroatoms. The molecule has 108 valence electrons. The Hall–Kier alpha value is -2.42. The number of hydrogen-bond acceptors (Lipinski definition) is 3. The van der Waals surface area contributed by atoms with Gasteiger partial charge in [0.15, 0.2) is 5.69 Å². The number of aromatic carboxylic acids is 1. The van der Waals surface area contributed by atoms with Gasteiger partial charge in [-0.1, -0.05) is 5.11 Å². The van der Waals surface area contributed by atoms with Crippen molar-refractivity contribution in [2.24, 2.45) is 5.11 Å². The number of carboxylic acid groups (broad SMARTS) is 1. The van der Waals surface area contributed by atoms with E-state index >= 15 is 0 Å². The Morgan fingerprint density at radius 1 is 1.45 bits per heavy atom. The molecule has 0 saturated heterocycles. The van der Waals surface area contributed by atoms with Crippen molar-refractivity contribution >= 4 is 11.7 Å². The van der Waals surface area contributed by atoms with E-state index in [1.807, 2.05) is 0 Å². The SMILES string of the molecule is Cc1c(N=[N+]=[N-])c(C(F)F)nc(C(F)(F)F)c1C(=O)O. The largest absolute Gasteiger partial charge is 0.478 e. The first-order chi connectivity index (χ1) is 9.11. The van der Waals surface area contributed by atoms with E-state index in [1.165, 1.54) is 0 Å². The van der Waals surface area contributed by atoms with E-state index in [2.05, 4.69) is 15.0 Å². The van der Waals surface area contributed by atoms with E-state index in [0.717, 1.165) is 6.92 Å². The van der Waals surface area contributed by atoms with Gasteiger partial charge in [0.05, 0.1) is 11.3 Å². The van der Waals surface area contributed by atoms with Gasteiger partial charge in [0, 0.05) is 4.91 Å². The third-order valence-corrected chi connectivity index (χ3v) is 2.28. The van der Waals surface area contributed by atoms with Crippen LogP contribution < -0.4 is 0 Å². The molecule has 1 N–H and O–H groups in total. The smallest absolute Gasteiger partial charge is 0.434 e. The molecule has 1 rings (SSSR count). The molecule has 1 aromatic heterocycles. The van der Waals surface area contributed by atoms with Crippen LogP contribution in [0.25, 0.3) is 10.4 Å². The summed E-state index contributed by atoms with van der Waals surface area (Å²) < 4.78 is 63.4. The lowest BCUT2D eigenvalue weighted by Crippen LogP contribution is -2.18. The zero-order valence-electron chi connectivity index (χ0n) is 9.61. The third-order valence-electron chi connectivity index (χ3n) is 2.28. The van der Waals surface area contributed by atoms with Crippen molar-refractivity contribution in [1.82, 2.24) is 4.98 Å². The van der Waals surface area contributed by atoms with E-state index in [4.69, 9.17) is 10.6 Å². The van der Waals surface area contributed by atoms with Gasteiger partial charge in [-0.25, -0.2) is 18.6 Å². The molecule has 1 aromatic rings. The molecule has 0 saturated carbocycles. The lowest BCUT2D eigenvalue weighted by Gasteiger charge is -2.16. The molecule has 0 aliphatic heterocycles. The summed E-state index contributed by atoms with van der Waals surface area (Å²) in [6.07, 6.45) is -8.70. The Morgan fingerprint density at radius 3 is 2.35 bits per heavy atom. The molecule has 0 spiro atoms. The zero-order valence-corrected chi connectivity index (χ0v) is 9.61. The average Bonchev–Trinajstić information content (AvgIpc) is 2.28. The van der Waals surface area contributed by atoms with Crippen LogP contribution in [-0.2, 0) is 6.18 Å². The number of nitrogens with zero attached hydrogens (tertiary/aromatic N) is 4. The normalized spacial score (nSPS) is 11.3. The lowest BCUT2D eigenvalue weighted by molar-refractivity contribution is -0.142. The number of azide groups is 1. The van der Waals surface area contributed by atoms with Crippen molar-refractivity contribution in [2.45, 2.75) is 19.5 Å². The Balaban J connectivity index is 3.89. The van der Waals surface area contributed by atoms with Gasteiger partial charge >= 0.3 is 12.1 Å². The maximum atomic E-state index is 12.7. The van der Waals surface area contributed by atoms with Crippen molar-refractivity contribution in [2.75, 3.05) is 0 Å². The summed E-state index contributed by atoms with van der Waals surface area (Å²) in [5, 5.41) is 11.6. The first-order valence-corrected chi connectivity index (χ1v) is 4.79. The summed E-state index contributed by atoms with van der Waals surface area (Å²) in [4.78, 5) is 15.7. The van der Waals surface area contributed by atoms with Gasteiger partial charge in [-0.05, 0) is 18.0 Å². The predicted octanol–water partition coefficient (Wildman–Crippen LogP) is 3.99. The van der Waals surface area contributed by atoms with Crippen LogP contribution in [0.4, 0.5) is 27.6 Å². The summed E-state index contributed by atoms with van der Waals surface area (Å²) >= 11 is 0. The molecule has 0 aromatic carbocycles. The first-order valence-electron chi connectivity index (χ1n) is 4.79. The van der Waals surface area contributed by atoms with Gasteiger partial charge in [-0.3, -0.25) is 0 Å². The molecule has 0 unspecified atom stereocenters. The van der Waals surface area contributed by atoms with Crippen LogP contribution in [0.3, 0.4) is 0 Å². The fourth-order valence-corrected chi connectivity index (χ4v) is 1.51. The summed E-state index contributed by atoms with van der Waals surface area (Å²) in [5.41, 5.74) is 1.86. The highest BCUT2D eigenvalue weighted by molar-refractivity contribution is 5.92. The fourth-order valence-electron chi connectivity index (χ4n) is 1.51. The van der Waals surface area contributed by atoms with Crippen LogP contribution in [0.5, 0.6) is 0 Å². The minimum Gasteiger partial charge on any atom is -0.478 e. The first kappa shape index (κ1) is 15.6. The molecule has 0 aliphatic carbocycles. The summed E-state index contributed by atoms with van der Waals surface area (Å²) in [5.74, 6) is -2.02. The highest BCUT2D eigenvalue weighted by atomic mass is 19.4. The number of alkyl halides is 5. The van der Waals surface area contributed by atoms with E-state index < -0.39 is 46.8 Å². The maximum Gasteiger partial charge on any atom is 0.434 e. The Kier molecular flexibility index (Phi) is 4.14. The molecular formula is C9H5F5N4O2. The van der Waals surface area contributed by atoms with Crippen molar-refractivity contribution in [1.29, 1.82) is 0 Å². The van der Waals surface area contributed by atoms with Gasteiger partial charge in [0.1, 0.15) is 5.69 Å². The number of hydrogen-bond donors (Lipinski definition) is 1. The minimum atomic E-state index is -5.24. The van der Waals surface area contributed by atoms with Crippen molar-refractivity contribution < 1.29 is 31.9 Å². The zero-order chi connectivity index (χ0) is 15.7. The van der Waals surface area contributed by atoms with Crippen LogP contribution in [0.15, 0.2) is 5.11 Å². The third kappa shape index (κ3) is 2.77. The lowest BCUT2D eigenvalue weighted by atomic mass is 10.0. The molecule has 0 atom stereocenters. The molecule has 0 aliphatic rings. The van der Waals surface area contributed by atoms with Crippen LogP contribution in [0.1, 0.15) is 33.7 Å². The Bertz CT molecular complexity index is 607. The summed E-state index contributed by atoms with van der Waals surface area (Å²) in [7, 11) is 0. The highest BCUT2D eigenvalue weighted by Gasteiger charge is 2.40. The second-order valence-electron chi connectivity index (χ2n) is 3.49. The highest BCUT2D eigenvalue weighted by Crippen LogP contribution is 2.39. The fraction of sp³-hybridized carbons (Fsp3) is 0.333. The molecule has 6 nitrogen and oxygen atoms in total. The Labute approximate surface area is 107 Å². The number of aromatic nitrogens is 1. The van der Waals surface area contributed by atoms with Crippen molar-refractivity contribution in [3.8, 4) is 0 Å². The number of carbonyl (C=O) groups is 1. The quantitative estimate of drug-likeness (QED) is 0.395. The molecule has 0 amide bonds. The monoisotopic (exact) mass is 296 g/mol. The van der Waals surface area contributed by atoms with Crippen molar-refractivity contribution in [3.63, 3.8) is 0 Å². The summed E-state index contributed by atoms with van der Waals surface area (Å²) in [6.45, 7) is 0.830.